The number of nitrogens with two attached hydrogens (primary N) is 1. The number of hydrogen-bond donors (Lipinski definition) is 1. The van der Waals surface area contributed by atoms with Crippen LogP contribution in [0, 0.1) is 0 Å². The van der Waals surface area contributed by atoms with Gasteiger partial charge >= 0.3 is 0 Å². The first-order valence-corrected chi connectivity index (χ1v) is 29.9. The van der Waals surface area contributed by atoms with Gasteiger partial charge in [0.2, 0.25) is 10.0 Å². The van der Waals surface area contributed by atoms with Gasteiger partial charge in [0.05, 0.1) is 31.5 Å². The molecule has 0 aromatic heterocycles. The molecule has 0 aliphatic carbocycles. The largest absolute Gasteiger partial charge is 0.403 e. The molecule has 15 heteroatoms. The molecule has 0 saturated carbocycles. The Morgan fingerprint density at radius 1 is 0.561 bits per heavy atom. The normalized spacial score (nSPS) is 12.2. The SMILES string of the molecule is C.CC(C)(C)[Si](OCc1ccc(S(N)(=O)=O)cc1)(c1ccccc1)c1ccccc1.CSC(=NS(=O)(=O)c1ccc(CO[Si](c2ccccc2)(c2ccccc2)C(C)(C)C)cc1)SC.[2H]CF. The second kappa shape index (κ2) is 24.7. The van der Waals surface area contributed by atoms with Crippen molar-refractivity contribution in [2.45, 2.75) is 82.1 Å². The lowest BCUT2D eigenvalue weighted by molar-refractivity contribution is 0.286. The minimum atomic E-state index is -3.74. The molecule has 0 unspecified atom stereocenters. The molecule has 0 amide bonds. The van der Waals surface area contributed by atoms with Crippen molar-refractivity contribution in [3.63, 3.8) is 0 Å². The third-order valence-corrected chi connectivity index (χ3v) is 25.1. The Hall–Kier alpha value is -4.17. The summed E-state index contributed by atoms with van der Waals surface area (Å²) in [5.41, 5.74) is 1.83. The molecule has 2 N–H and O–H groups in total. The van der Waals surface area contributed by atoms with Crippen LogP contribution < -0.4 is 25.9 Å². The fourth-order valence-corrected chi connectivity index (χ4v) is 20.0. The number of halogens is 1. The summed E-state index contributed by atoms with van der Waals surface area (Å²) in [5.74, 6) is 0. The number of thioether (sulfide) groups is 2. The van der Waals surface area contributed by atoms with E-state index >= 15 is 0 Å². The summed E-state index contributed by atoms with van der Waals surface area (Å²) in [4.78, 5) is 0.286. The van der Waals surface area contributed by atoms with Crippen molar-refractivity contribution in [3.8, 4) is 0 Å². The van der Waals surface area contributed by atoms with Gasteiger partial charge in [0, 0.05) is 0 Å². The van der Waals surface area contributed by atoms with E-state index in [0.717, 1.165) is 11.1 Å². The maximum absolute atomic E-state index is 12.7. The highest BCUT2D eigenvalue weighted by molar-refractivity contribution is 8.38. The summed E-state index contributed by atoms with van der Waals surface area (Å²) in [6.45, 7) is 14.2. The number of hydrogen-bond acceptors (Lipinski definition) is 8. The van der Waals surface area contributed by atoms with Crippen molar-refractivity contribution in [2.24, 2.45) is 9.54 Å². The molecule has 0 heterocycles. The van der Waals surface area contributed by atoms with E-state index in [1.165, 1.54) is 56.4 Å². The van der Waals surface area contributed by atoms with Gasteiger partial charge in [-0.1, -0.05) is 195 Å². The van der Waals surface area contributed by atoms with E-state index in [4.69, 9.17) is 15.4 Å². The lowest BCUT2D eigenvalue weighted by atomic mass is 10.2. The van der Waals surface area contributed by atoms with E-state index in [9.17, 15) is 21.2 Å². The highest BCUT2D eigenvalue weighted by Gasteiger charge is 2.51. The van der Waals surface area contributed by atoms with Crippen LogP contribution in [0.15, 0.2) is 184 Å². The zero-order valence-electron chi connectivity index (χ0n) is 39.3. The second-order valence-electron chi connectivity index (χ2n) is 17.0. The molecule has 66 heavy (non-hydrogen) atoms. The molecule has 0 atom stereocenters. The van der Waals surface area contributed by atoms with Gasteiger partial charge in [0.25, 0.3) is 26.7 Å². The smallest absolute Gasteiger partial charge is 0.283 e. The first kappa shape index (κ1) is 54.4. The molecule has 0 bridgehead atoms. The highest BCUT2D eigenvalue weighted by Crippen LogP contribution is 2.38. The fraction of sp³-hybridized carbons (Fsp3) is 0.275. The number of rotatable bonds is 13. The summed E-state index contributed by atoms with van der Waals surface area (Å²) in [6.07, 6.45) is 3.63. The Kier molecular flexibility index (Phi) is 20.4. The van der Waals surface area contributed by atoms with Gasteiger partial charge in [-0.25, -0.2) is 13.6 Å². The Morgan fingerprint density at radius 2 is 0.833 bits per heavy atom. The van der Waals surface area contributed by atoms with Crippen molar-refractivity contribution in [2.75, 3.05) is 19.7 Å². The lowest BCUT2D eigenvalue weighted by Gasteiger charge is -2.43. The topological polar surface area (TPSA) is 125 Å². The average Bonchev–Trinajstić information content (AvgIpc) is 3.30. The van der Waals surface area contributed by atoms with Crippen molar-refractivity contribution in [1.29, 1.82) is 0 Å². The van der Waals surface area contributed by atoms with Gasteiger partial charge < -0.3 is 8.85 Å². The minimum absolute atomic E-state index is 0. The Balaban J connectivity index is 0.000000334. The Labute approximate surface area is 406 Å². The van der Waals surface area contributed by atoms with Crippen LogP contribution >= 0.6 is 23.5 Å². The lowest BCUT2D eigenvalue weighted by Crippen LogP contribution is -2.66. The van der Waals surface area contributed by atoms with E-state index in [2.05, 4.69) is 143 Å². The van der Waals surface area contributed by atoms with Gasteiger partial charge in [-0.05, 0) is 78.7 Å². The van der Waals surface area contributed by atoms with Gasteiger partial charge in [-0.3, -0.25) is 4.39 Å². The van der Waals surface area contributed by atoms with Crippen LogP contribution in [0.1, 0.15) is 61.5 Å². The summed E-state index contributed by atoms with van der Waals surface area (Å²) in [6, 6.07) is 55.2. The first-order valence-electron chi connectivity index (χ1n) is 21.4. The van der Waals surface area contributed by atoms with Crippen LogP contribution in [0.2, 0.25) is 10.1 Å². The molecule has 0 aliphatic heterocycles. The summed E-state index contributed by atoms with van der Waals surface area (Å²) in [7, 11) is -13.7. The molecule has 0 saturated heterocycles. The van der Waals surface area contributed by atoms with Crippen LogP contribution in [0.4, 0.5) is 4.39 Å². The van der Waals surface area contributed by atoms with E-state index < -0.39 is 43.8 Å². The van der Waals surface area contributed by atoms with Gasteiger partial charge in [0.15, 0.2) is 0 Å². The molecule has 6 rings (SSSR count). The third kappa shape index (κ3) is 13.7. The quantitative estimate of drug-likeness (QED) is 0.0689. The van der Waals surface area contributed by atoms with Crippen molar-refractivity contribution in [3.05, 3.63) is 181 Å². The van der Waals surface area contributed by atoms with Crippen LogP contribution in [0.5, 0.6) is 0 Å². The first-order chi connectivity index (χ1) is 31.2. The molecular weight excluding hydrogens is 940 g/mol. The van der Waals surface area contributed by atoms with Gasteiger partial charge in [-0.15, -0.1) is 27.9 Å². The molecule has 8 nitrogen and oxygen atoms in total. The molecule has 0 aliphatic rings. The molecule has 0 radical (unpaired) electrons. The number of primary sulfonamides is 1. The number of nitrogens with zero attached hydrogens (tertiary/aromatic N) is 1. The zero-order valence-corrected chi connectivity index (χ0v) is 43.5. The highest BCUT2D eigenvalue weighted by atomic mass is 32.2. The molecular formula is C51H65FN2O6S4Si2. The predicted octanol–water partition coefficient (Wildman–Crippen LogP) is 10.2. The molecule has 6 aromatic rings. The van der Waals surface area contributed by atoms with E-state index in [-0.39, 0.29) is 27.3 Å². The van der Waals surface area contributed by atoms with E-state index in [1.807, 2.05) is 48.9 Å². The predicted molar refractivity (Wildman–Crippen MR) is 284 cm³/mol. The third-order valence-electron chi connectivity index (χ3n) is 10.8. The molecule has 0 fully saturated rings. The van der Waals surface area contributed by atoms with Crippen molar-refractivity contribution < 1.29 is 31.4 Å². The summed E-state index contributed by atoms with van der Waals surface area (Å²) in [5, 5.41) is 9.81. The maximum atomic E-state index is 12.7. The standard InChI is InChI=1S/C26H31NO3S3Si.C23H27NO3SSi.CH3F.CH4/c1-26(2,3)34(23-12-8-6-9-13-23,24-14-10-7-11-15-24)30-20-21-16-18-22(19-17-21)33(28,29)27-25(31-4)32-5;1-23(2,3)29(21-10-6-4-7-11-21,22-12-8-5-9-13-22)27-18-19-14-16-20(17-15-19)28(24,25)26;1-2;/h6-19H,20H2,1-5H3;4-17H,18H2,1-3H3,(H2,24,25,26);1H3;1H4/i;;1D;. The minimum Gasteiger partial charge on any atom is -0.403 e. The summed E-state index contributed by atoms with van der Waals surface area (Å²) < 4.78 is 82.0. The maximum Gasteiger partial charge on any atom is 0.283 e. The van der Waals surface area contributed by atoms with Gasteiger partial charge in [0.1, 0.15) is 4.38 Å². The molecule has 6 aromatic carbocycles. The Bertz CT molecular complexity index is 2570. The fourth-order valence-electron chi connectivity index (χ4n) is 7.75. The van der Waals surface area contributed by atoms with Crippen LogP contribution in [0.25, 0.3) is 0 Å². The number of alkyl halides is 1. The molecule has 354 valence electrons. The van der Waals surface area contributed by atoms with Gasteiger partial charge in [-0.2, -0.15) is 8.42 Å². The number of sulfonamides is 2. The van der Waals surface area contributed by atoms with Crippen molar-refractivity contribution in [1.82, 2.24) is 0 Å². The summed E-state index contributed by atoms with van der Waals surface area (Å²) >= 11 is 2.64. The second-order valence-corrected chi connectivity index (χ2v) is 30.6. The average molecular weight is 1010 g/mol. The van der Waals surface area contributed by atoms with E-state index in [1.54, 1.807) is 24.3 Å². The molecule has 0 spiro atoms. The van der Waals surface area contributed by atoms with Crippen LogP contribution in [0.3, 0.4) is 0 Å². The van der Waals surface area contributed by atoms with Crippen LogP contribution in [-0.4, -0.2) is 57.5 Å². The monoisotopic (exact) mass is 1010 g/mol. The zero-order chi connectivity index (χ0) is 48.7. The van der Waals surface area contributed by atoms with Crippen molar-refractivity contribution >= 4 is 85.3 Å². The van der Waals surface area contributed by atoms with E-state index in [0.29, 0.717) is 17.6 Å². The van der Waals surface area contributed by atoms with Crippen LogP contribution in [-0.2, 0) is 42.1 Å². The number of benzene rings is 6. The Morgan fingerprint density at radius 3 is 1.08 bits per heavy atom.